The lowest BCUT2D eigenvalue weighted by Gasteiger charge is -2.26. The van der Waals surface area contributed by atoms with Gasteiger partial charge in [-0.25, -0.2) is 0 Å². The summed E-state index contributed by atoms with van der Waals surface area (Å²) in [5.74, 6) is 0. The molecule has 0 saturated carbocycles. The summed E-state index contributed by atoms with van der Waals surface area (Å²) in [7, 11) is 0. The Morgan fingerprint density at radius 1 is 0.870 bits per heavy atom. The SMILES string of the molecule is c1ccc(Cn2cccc2CCCCCN2CCOCC2)cc1. The van der Waals surface area contributed by atoms with Gasteiger partial charge in [-0.2, -0.15) is 0 Å². The molecule has 0 bridgehead atoms. The standard InChI is InChI=1S/C20H28N2O/c1-3-8-19(9-4-1)18-22-13-7-11-20(22)10-5-2-6-12-21-14-16-23-17-15-21/h1,3-4,7-9,11,13H,2,5-6,10,12,14-18H2. The molecule has 23 heavy (non-hydrogen) atoms. The van der Waals surface area contributed by atoms with Crippen molar-refractivity contribution in [3.05, 3.63) is 59.9 Å². The molecule has 3 rings (SSSR count). The maximum absolute atomic E-state index is 5.39. The molecule has 0 aliphatic carbocycles. The fraction of sp³-hybridized carbons (Fsp3) is 0.500. The van der Waals surface area contributed by atoms with Crippen LogP contribution in [0.4, 0.5) is 0 Å². The van der Waals surface area contributed by atoms with Gasteiger partial charge in [0.15, 0.2) is 0 Å². The zero-order valence-corrected chi connectivity index (χ0v) is 14.0. The molecular weight excluding hydrogens is 284 g/mol. The van der Waals surface area contributed by atoms with Crippen LogP contribution in [0.3, 0.4) is 0 Å². The second-order valence-corrected chi connectivity index (χ2v) is 6.38. The lowest BCUT2D eigenvalue weighted by molar-refractivity contribution is 0.0371. The largest absolute Gasteiger partial charge is 0.379 e. The van der Waals surface area contributed by atoms with Crippen molar-refractivity contribution in [3.63, 3.8) is 0 Å². The lowest BCUT2D eigenvalue weighted by atomic mass is 10.1. The highest BCUT2D eigenvalue weighted by Crippen LogP contribution is 2.12. The van der Waals surface area contributed by atoms with Crippen molar-refractivity contribution in [3.8, 4) is 0 Å². The van der Waals surface area contributed by atoms with E-state index in [1.165, 1.54) is 43.5 Å². The number of aryl methyl sites for hydroxylation is 1. The second kappa shape index (κ2) is 8.90. The quantitative estimate of drug-likeness (QED) is 0.693. The molecule has 2 aromatic rings. The number of rotatable bonds is 8. The predicted octanol–water partition coefficient (Wildman–Crippen LogP) is 3.58. The van der Waals surface area contributed by atoms with E-state index in [4.69, 9.17) is 4.74 Å². The maximum atomic E-state index is 5.39. The highest BCUT2D eigenvalue weighted by atomic mass is 16.5. The van der Waals surface area contributed by atoms with E-state index in [0.717, 1.165) is 32.8 Å². The van der Waals surface area contributed by atoms with Crippen LogP contribution in [0.1, 0.15) is 30.5 Å². The van der Waals surface area contributed by atoms with E-state index >= 15 is 0 Å². The molecule has 1 aromatic heterocycles. The van der Waals surface area contributed by atoms with Crippen molar-refractivity contribution in [2.45, 2.75) is 32.2 Å². The molecule has 1 fully saturated rings. The van der Waals surface area contributed by atoms with Crippen LogP contribution < -0.4 is 0 Å². The first-order valence-electron chi connectivity index (χ1n) is 8.90. The molecule has 3 heteroatoms. The molecule has 1 aliphatic rings. The minimum atomic E-state index is 0.910. The predicted molar refractivity (Wildman–Crippen MR) is 94.8 cm³/mol. The first-order valence-corrected chi connectivity index (χ1v) is 8.90. The van der Waals surface area contributed by atoms with Crippen molar-refractivity contribution < 1.29 is 4.74 Å². The van der Waals surface area contributed by atoms with Crippen molar-refractivity contribution in [2.75, 3.05) is 32.8 Å². The summed E-state index contributed by atoms with van der Waals surface area (Å²) in [6, 6.07) is 15.2. The average molecular weight is 312 g/mol. The van der Waals surface area contributed by atoms with Crippen molar-refractivity contribution >= 4 is 0 Å². The number of morpholine rings is 1. The number of aromatic nitrogens is 1. The molecule has 0 spiro atoms. The molecule has 0 unspecified atom stereocenters. The molecule has 124 valence electrons. The van der Waals surface area contributed by atoms with E-state index in [1.807, 2.05) is 0 Å². The number of nitrogens with zero attached hydrogens (tertiary/aromatic N) is 2. The van der Waals surface area contributed by atoms with E-state index in [0.29, 0.717) is 0 Å². The molecular formula is C20H28N2O. The van der Waals surface area contributed by atoms with Crippen LogP contribution in [0, 0.1) is 0 Å². The summed E-state index contributed by atoms with van der Waals surface area (Å²) < 4.78 is 7.78. The Bertz CT molecular complexity index is 558. The van der Waals surface area contributed by atoms with Crippen molar-refractivity contribution in [1.82, 2.24) is 9.47 Å². The highest BCUT2D eigenvalue weighted by molar-refractivity contribution is 5.17. The van der Waals surface area contributed by atoms with Crippen LogP contribution in [-0.2, 0) is 17.7 Å². The Kier molecular flexibility index (Phi) is 6.30. The summed E-state index contributed by atoms with van der Waals surface area (Å²) in [4.78, 5) is 2.53. The fourth-order valence-electron chi connectivity index (χ4n) is 3.25. The fourth-order valence-corrected chi connectivity index (χ4v) is 3.25. The first-order chi connectivity index (χ1) is 11.4. The highest BCUT2D eigenvalue weighted by Gasteiger charge is 2.09. The van der Waals surface area contributed by atoms with Gasteiger partial charge in [-0.3, -0.25) is 4.90 Å². The Hall–Kier alpha value is -1.58. The zero-order valence-electron chi connectivity index (χ0n) is 14.0. The summed E-state index contributed by atoms with van der Waals surface area (Å²) >= 11 is 0. The van der Waals surface area contributed by atoms with Crippen LogP contribution in [0.5, 0.6) is 0 Å². The Balaban J connectivity index is 1.38. The third-order valence-corrected chi connectivity index (χ3v) is 4.63. The van der Waals surface area contributed by atoms with Crippen molar-refractivity contribution in [1.29, 1.82) is 0 Å². The molecule has 3 nitrogen and oxygen atoms in total. The third-order valence-electron chi connectivity index (χ3n) is 4.63. The van der Waals surface area contributed by atoms with Crippen molar-refractivity contribution in [2.24, 2.45) is 0 Å². The molecule has 0 atom stereocenters. The summed E-state index contributed by atoms with van der Waals surface area (Å²) in [6.07, 6.45) is 7.29. The number of ether oxygens (including phenoxy) is 1. The van der Waals surface area contributed by atoms with Gasteiger partial charge in [-0.1, -0.05) is 36.8 Å². The minimum absolute atomic E-state index is 0.910. The van der Waals surface area contributed by atoms with Crippen LogP contribution in [-0.4, -0.2) is 42.3 Å². The smallest absolute Gasteiger partial charge is 0.0594 e. The van der Waals surface area contributed by atoms with E-state index < -0.39 is 0 Å². The topological polar surface area (TPSA) is 17.4 Å². The number of unbranched alkanes of at least 4 members (excludes halogenated alkanes) is 2. The van der Waals surface area contributed by atoms with Gasteiger partial charge in [0.2, 0.25) is 0 Å². The maximum Gasteiger partial charge on any atom is 0.0594 e. The minimum Gasteiger partial charge on any atom is -0.379 e. The molecule has 0 radical (unpaired) electrons. The number of hydrogen-bond acceptors (Lipinski definition) is 2. The van der Waals surface area contributed by atoms with Crippen LogP contribution in [0.2, 0.25) is 0 Å². The van der Waals surface area contributed by atoms with E-state index in [-0.39, 0.29) is 0 Å². The van der Waals surface area contributed by atoms with Gasteiger partial charge in [0.25, 0.3) is 0 Å². The first kappa shape index (κ1) is 16.3. The van der Waals surface area contributed by atoms with Gasteiger partial charge in [0, 0.05) is 31.5 Å². The lowest BCUT2D eigenvalue weighted by Crippen LogP contribution is -2.36. The molecule has 0 N–H and O–H groups in total. The molecule has 1 saturated heterocycles. The number of benzene rings is 1. The Morgan fingerprint density at radius 3 is 2.52 bits per heavy atom. The van der Waals surface area contributed by atoms with Gasteiger partial charge in [0.1, 0.15) is 0 Å². The van der Waals surface area contributed by atoms with Crippen LogP contribution in [0.15, 0.2) is 48.7 Å². The molecule has 0 amide bonds. The molecule has 1 aliphatic heterocycles. The van der Waals surface area contributed by atoms with E-state index in [2.05, 4.69) is 58.1 Å². The Morgan fingerprint density at radius 2 is 1.70 bits per heavy atom. The van der Waals surface area contributed by atoms with Gasteiger partial charge >= 0.3 is 0 Å². The molecule has 1 aromatic carbocycles. The summed E-state index contributed by atoms with van der Waals surface area (Å²) in [5, 5.41) is 0. The van der Waals surface area contributed by atoms with Crippen LogP contribution in [0.25, 0.3) is 0 Å². The average Bonchev–Trinajstić information content (AvgIpc) is 3.03. The van der Waals surface area contributed by atoms with Gasteiger partial charge < -0.3 is 9.30 Å². The number of hydrogen-bond donors (Lipinski definition) is 0. The Labute approximate surface area is 139 Å². The summed E-state index contributed by atoms with van der Waals surface area (Å²) in [5.41, 5.74) is 2.83. The van der Waals surface area contributed by atoms with Gasteiger partial charge in [-0.15, -0.1) is 0 Å². The molecule has 2 heterocycles. The monoisotopic (exact) mass is 312 g/mol. The normalized spacial score (nSPS) is 15.8. The van der Waals surface area contributed by atoms with Crippen LogP contribution >= 0.6 is 0 Å². The third kappa shape index (κ3) is 5.22. The second-order valence-electron chi connectivity index (χ2n) is 6.38. The van der Waals surface area contributed by atoms with E-state index in [9.17, 15) is 0 Å². The van der Waals surface area contributed by atoms with Gasteiger partial charge in [-0.05, 0) is 43.5 Å². The van der Waals surface area contributed by atoms with Gasteiger partial charge in [0.05, 0.1) is 13.2 Å². The van der Waals surface area contributed by atoms with E-state index in [1.54, 1.807) is 0 Å². The summed E-state index contributed by atoms with van der Waals surface area (Å²) in [6.45, 7) is 6.26. The zero-order chi connectivity index (χ0) is 15.7.